The lowest BCUT2D eigenvalue weighted by molar-refractivity contribution is 0.250. The quantitative estimate of drug-likeness (QED) is 0.417. The maximum Gasteiger partial charge on any atom is 0.319 e. The molecule has 3 aromatic rings. The van der Waals surface area contributed by atoms with Crippen LogP contribution in [0.25, 0.3) is 0 Å². The lowest BCUT2D eigenvalue weighted by atomic mass is 9.91. The average Bonchev–Trinajstić information content (AvgIpc) is 3.40. The molecule has 0 spiro atoms. The van der Waals surface area contributed by atoms with Crippen molar-refractivity contribution in [3.63, 3.8) is 0 Å². The Labute approximate surface area is 209 Å². The van der Waals surface area contributed by atoms with Crippen molar-refractivity contribution < 1.29 is 9.53 Å². The SMILES string of the molecule is CC(C)NC(=O)Nc1ccc(C2C(C#N)c3ccc(OCc4nccs4)cc3N2CC2CC2)cc1. The predicted octanol–water partition coefficient (Wildman–Crippen LogP) is 5.83. The van der Waals surface area contributed by atoms with E-state index in [-0.39, 0.29) is 24.0 Å². The molecule has 7 nitrogen and oxygen atoms in total. The lowest BCUT2D eigenvalue weighted by Crippen LogP contribution is -2.34. The molecule has 1 aromatic heterocycles. The maximum absolute atomic E-state index is 12.1. The summed E-state index contributed by atoms with van der Waals surface area (Å²) >= 11 is 1.57. The largest absolute Gasteiger partial charge is 0.486 e. The number of fused-ring (bicyclic) bond motifs is 1. The molecule has 2 N–H and O–H groups in total. The molecule has 35 heavy (non-hydrogen) atoms. The second-order valence-corrected chi connectivity index (χ2v) is 10.4. The number of benzene rings is 2. The molecular weight excluding hydrogens is 458 g/mol. The molecule has 0 bridgehead atoms. The number of thiazole rings is 1. The summed E-state index contributed by atoms with van der Waals surface area (Å²) in [4.78, 5) is 18.7. The third kappa shape index (κ3) is 5.25. The Morgan fingerprint density at radius 3 is 2.71 bits per heavy atom. The smallest absolute Gasteiger partial charge is 0.319 e. The first-order valence-corrected chi connectivity index (χ1v) is 12.9. The van der Waals surface area contributed by atoms with Crippen molar-refractivity contribution in [2.45, 2.75) is 51.3 Å². The lowest BCUT2D eigenvalue weighted by Gasteiger charge is -2.29. The van der Waals surface area contributed by atoms with Crippen molar-refractivity contribution in [2.75, 3.05) is 16.8 Å². The van der Waals surface area contributed by atoms with Gasteiger partial charge in [0.1, 0.15) is 17.4 Å². The molecule has 2 atom stereocenters. The zero-order valence-electron chi connectivity index (χ0n) is 19.9. The number of aromatic nitrogens is 1. The van der Waals surface area contributed by atoms with E-state index in [1.807, 2.05) is 55.6 Å². The molecule has 2 aromatic carbocycles. The topological polar surface area (TPSA) is 90.3 Å². The Balaban J connectivity index is 1.40. The van der Waals surface area contributed by atoms with Crippen molar-refractivity contribution in [3.8, 4) is 11.8 Å². The van der Waals surface area contributed by atoms with E-state index in [1.165, 1.54) is 12.8 Å². The van der Waals surface area contributed by atoms with Gasteiger partial charge in [-0.05, 0) is 61.9 Å². The van der Waals surface area contributed by atoms with Gasteiger partial charge in [0.25, 0.3) is 0 Å². The van der Waals surface area contributed by atoms with Crippen molar-refractivity contribution in [3.05, 3.63) is 70.2 Å². The molecule has 2 amide bonds. The standard InChI is InChI=1S/C27H29N5O2S/c1-17(2)30-27(33)31-20-7-5-19(6-8-20)26-23(14-28)22-10-9-21(34-16-25-29-11-12-35-25)13-24(22)32(26)15-18-3-4-18/h5-13,17-18,23,26H,3-4,15-16H2,1-2H3,(H2,30,31,33). The van der Waals surface area contributed by atoms with E-state index < -0.39 is 0 Å². The van der Waals surface area contributed by atoms with Crippen LogP contribution in [0.5, 0.6) is 5.75 Å². The van der Waals surface area contributed by atoms with Crippen molar-refractivity contribution in [2.24, 2.45) is 5.92 Å². The van der Waals surface area contributed by atoms with Gasteiger partial charge in [-0.1, -0.05) is 18.2 Å². The minimum absolute atomic E-state index is 0.0640. The number of nitriles is 1. The number of rotatable bonds is 8. The van der Waals surface area contributed by atoms with E-state index in [0.717, 1.165) is 39.8 Å². The number of anilines is 2. The summed E-state index contributed by atoms with van der Waals surface area (Å²) < 4.78 is 6.03. The molecule has 2 heterocycles. The first kappa shape index (κ1) is 23.2. The highest BCUT2D eigenvalue weighted by Gasteiger charge is 2.42. The molecular formula is C27H29N5O2S. The summed E-state index contributed by atoms with van der Waals surface area (Å²) in [5.41, 5.74) is 3.90. The van der Waals surface area contributed by atoms with Crippen LogP contribution in [0.3, 0.4) is 0 Å². The number of nitrogens with zero attached hydrogens (tertiary/aromatic N) is 3. The highest BCUT2D eigenvalue weighted by Crippen LogP contribution is 2.51. The molecule has 2 aliphatic rings. The molecule has 1 fully saturated rings. The van der Waals surface area contributed by atoms with E-state index in [2.05, 4.69) is 32.7 Å². The van der Waals surface area contributed by atoms with Crippen LogP contribution in [-0.4, -0.2) is 23.6 Å². The Hall–Kier alpha value is -3.57. The summed E-state index contributed by atoms with van der Waals surface area (Å²) in [5, 5.41) is 18.8. The fraction of sp³-hybridized carbons (Fsp3) is 0.370. The van der Waals surface area contributed by atoms with Crippen LogP contribution in [0.1, 0.15) is 54.8 Å². The van der Waals surface area contributed by atoms with Gasteiger partial charge in [0.15, 0.2) is 0 Å². The van der Waals surface area contributed by atoms with Crippen LogP contribution in [-0.2, 0) is 6.61 Å². The molecule has 1 saturated carbocycles. The molecule has 1 aliphatic heterocycles. The minimum atomic E-state index is -0.278. The monoisotopic (exact) mass is 487 g/mol. The Morgan fingerprint density at radius 2 is 2.06 bits per heavy atom. The highest BCUT2D eigenvalue weighted by molar-refractivity contribution is 7.09. The number of carbonyl (C=O) groups excluding carboxylic acids is 1. The van der Waals surface area contributed by atoms with E-state index in [0.29, 0.717) is 12.5 Å². The molecule has 1 aliphatic carbocycles. The fourth-order valence-electron chi connectivity index (χ4n) is 4.59. The Kier molecular flexibility index (Phi) is 6.60. The second-order valence-electron chi connectivity index (χ2n) is 9.46. The van der Waals surface area contributed by atoms with E-state index in [9.17, 15) is 10.1 Å². The van der Waals surface area contributed by atoms with Gasteiger partial charge in [0.05, 0.1) is 18.0 Å². The molecule has 5 rings (SSSR count). The van der Waals surface area contributed by atoms with Gasteiger partial charge in [-0.3, -0.25) is 0 Å². The summed E-state index contributed by atoms with van der Waals surface area (Å²) in [5.74, 6) is 1.16. The molecule has 0 radical (unpaired) electrons. The molecule has 2 unspecified atom stereocenters. The maximum atomic E-state index is 12.1. The number of amides is 2. The zero-order chi connectivity index (χ0) is 24.4. The number of nitrogens with one attached hydrogen (secondary N) is 2. The first-order valence-electron chi connectivity index (χ1n) is 12.0. The van der Waals surface area contributed by atoms with E-state index in [4.69, 9.17) is 4.74 Å². The van der Waals surface area contributed by atoms with Crippen LogP contribution in [0.15, 0.2) is 54.0 Å². The Morgan fingerprint density at radius 1 is 1.26 bits per heavy atom. The van der Waals surface area contributed by atoms with Gasteiger partial charge in [-0.15, -0.1) is 11.3 Å². The number of ether oxygens (including phenoxy) is 1. The van der Waals surface area contributed by atoms with Gasteiger partial charge in [-0.25, -0.2) is 9.78 Å². The van der Waals surface area contributed by atoms with Gasteiger partial charge in [0, 0.05) is 41.6 Å². The van der Waals surface area contributed by atoms with Gasteiger partial charge in [0.2, 0.25) is 0 Å². The van der Waals surface area contributed by atoms with Crippen LogP contribution in [0, 0.1) is 17.2 Å². The van der Waals surface area contributed by atoms with Gasteiger partial charge >= 0.3 is 6.03 Å². The van der Waals surface area contributed by atoms with Crippen LogP contribution < -0.4 is 20.3 Å². The second kappa shape index (κ2) is 9.96. The van der Waals surface area contributed by atoms with Gasteiger partial charge < -0.3 is 20.3 Å². The van der Waals surface area contributed by atoms with Gasteiger partial charge in [-0.2, -0.15) is 5.26 Å². The minimum Gasteiger partial charge on any atom is -0.486 e. The van der Waals surface area contributed by atoms with E-state index >= 15 is 0 Å². The Bertz CT molecular complexity index is 1220. The summed E-state index contributed by atoms with van der Waals surface area (Å²) in [7, 11) is 0. The van der Waals surface area contributed by atoms with Crippen molar-refractivity contribution in [1.29, 1.82) is 5.26 Å². The summed E-state index contributed by atoms with van der Waals surface area (Å²) in [6.07, 6.45) is 4.23. The fourth-order valence-corrected chi connectivity index (χ4v) is 5.12. The zero-order valence-corrected chi connectivity index (χ0v) is 20.7. The van der Waals surface area contributed by atoms with Crippen molar-refractivity contribution in [1.82, 2.24) is 10.3 Å². The first-order chi connectivity index (χ1) is 17.0. The number of hydrogen-bond donors (Lipinski definition) is 2. The predicted molar refractivity (Wildman–Crippen MR) is 138 cm³/mol. The van der Waals surface area contributed by atoms with Crippen molar-refractivity contribution >= 4 is 28.7 Å². The molecule has 0 saturated heterocycles. The number of hydrogen-bond acceptors (Lipinski definition) is 6. The third-order valence-corrected chi connectivity index (χ3v) is 7.12. The summed E-state index contributed by atoms with van der Waals surface area (Å²) in [6.45, 7) is 5.20. The normalized spacial score (nSPS) is 18.7. The highest BCUT2D eigenvalue weighted by atomic mass is 32.1. The van der Waals surface area contributed by atoms with Crippen LogP contribution in [0.4, 0.5) is 16.2 Å². The number of urea groups is 1. The van der Waals surface area contributed by atoms with E-state index in [1.54, 1.807) is 17.5 Å². The molecule has 8 heteroatoms. The van der Waals surface area contributed by atoms with Crippen LogP contribution in [0.2, 0.25) is 0 Å². The average molecular weight is 488 g/mol. The summed E-state index contributed by atoms with van der Waals surface area (Å²) in [6, 6.07) is 16.2. The third-order valence-electron chi connectivity index (χ3n) is 6.36. The van der Waals surface area contributed by atoms with Crippen LogP contribution >= 0.6 is 11.3 Å². The molecule has 180 valence electrons. The number of carbonyl (C=O) groups is 1.